The minimum atomic E-state index is -0.322. The number of aromatic nitrogens is 2. The largest absolute Gasteiger partial charge is 0.469 e. The van der Waals surface area contributed by atoms with Gasteiger partial charge in [0.1, 0.15) is 11.5 Å². The normalized spacial score (nSPS) is 10.7. The lowest BCUT2D eigenvalue weighted by molar-refractivity contribution is -0.113. The van der Waals surface area contributed by atoms with Gasteiger partial charge in [0.15, 0.2) is 0 Å². The van der Waals surface area contributed by atoms with Gasteiger partial charge in [-0.25, -0.2) is 0 Å². The fraction of sp³-hybridized carbons (Fsp3) is 0.143. The van der Waals surface area contributed by atoms with Crippen LogP contribution in [0.4, 0.5) is 5.69 Å². The van der Waals surface area contributed by atoms with E-state index in [-0.39, 0.29) is 29.3 Å². The Morgan fingerprint density at radius 3 is 2.68 bits per heavy atom. The van der Waals surface area contributed by atoms with Crippen LogP contribution in [0.15, 0.2) is 73.5 Å². The van der Waals surface area contributed by atoms with E-state index in [1.807, 2.05) is 0 Å². The molecule has 31 heavy (non-hydrogen) atoms. The van der Waals surface area contributed by atoms with Gasteiger partial charge in [0.2, 0.25) is 5.91 Å². The molecule has 4 rings (SSSR count). The molecule has 158 valence electrons. The van der Waals surface area contributed by atoms with Gasteiger partial charge in [-0.15, -0.1) is 10.2 Å². The first-order valence-electron chi connectivity index (χ1n) is 9.30. The lowest BCUT2D eigenvalue weighted by Gasteiger charge is -2.10. The lowest BCUT2D eigenvalue weighted by Crippen LogP contribution is -2.25. The van der Waals surface area contributed by atoms with Crippen LogP contribution in [0, 0.1) is 6.92 Å². The first-order valence-corrected chi connectivity index (χ1v) is 10.3. The minimum Gasteiger partial charge on any atom is -0.469 e. The van der Waals surface area contributed by atoms with E-state index in [0.29, 0.717) is 34.2 Å². The lowest BCUT2D eigenvalue weighted by atomic mass is 10.1. The third-order valence-electron chi connectivity index (χ3n) is 4.27. The molecule has 0 atom stereocenters. The summed E-state index contributed by atoms with van der Waals surface area (Å²) in [6.07, 6.45) is 3.08. The molecule has 3 heterocycles. The number of hydrogen-bond acceptors (Lipinski definition) is 8. The molecule has 0 aliphatic rings. The van der Waals surface area contributed by atoms with E-state index in [1.165, 1.54) is 12.5 Å². The van der Waals surface area contributed by atoms with Crippen molar-refractivity contribution in [3.63, 3.8) is 0 Å². The smallest absolute Gasteiger partial charge is 0.277 e. The van der Waals surface area contributed by atoms with Crippen LogP contribution in [0.25, 0.3) is 11.5 Å². The van der Waals surface area contributed by atoms with Crippen LogP contribution in [0.1, 0.15) is 21.9 Å². The van der Waals surface area contributed by atoms with E-state index >= 15 is 0 Å². The van der Waals surface area contributed by atoms with Gasteiger partial charge < -0.3 is 23.9 Å². The topological polar surface area (TPSA) is 123 Å². The molecular weight excluding hydrogens is 420 g/mol. The van der Waals surface area contributed by atoms with Gasteiger partial charge in [-0.05, 0) is 37.3 Å². The SMILES string of the molecule is Cc1occc1-c1nnc(SCC(=O)Nc2ccccc2C(=O)NCc2ccco2)o1. The molecule has 2 N–H and O–H groups in total. The van der Waals surface area contributed by atoms with Crippen LogP contribution >= 0.6 is 11.8 Å². The van der Waals surface area contributed by atoms with Crippen LogP contribution in [0.2, 0.25) is 0 Å². The zero-order valence-electron chi connectivity index (χ0n) is 16.5. The Morgan fingerprint density at radius 2 is 1.90 bits per heavy atom. The third kappa shape index (κ3) is 5.04. The average Bonchev–Trinajstić information content (AvgIpc) is 3.53. The summed E-state index contributed by atoms with van der Waals surface area (Å²) in [4.78, 5) is 24.9. The second-order valence-electron chi connectivity index (χ2n) is 6.41. The summed E-state index contributed by atoms with van der Waals surface area (Å²) in [5.41, 5.74) is 1.46. The molecule has 0 spiro atoms. The highest BCUT2D eigenvalue weighted by Crippen LogP contribution is 2.26. The van der Waals surface area contributed by atoms with Gasteiger partial charge >= 0.3 is 0 Å². The zero-order valence-corrected chi connectivity index (χ0v) is 17.3. The minimum absolute atomic E-state index is 0.0361. The predicted molar refractivity (Wildman–Crippen MR) is 112 cm³/mol. The first-order chi connectivity index (χ1) is 15.1. The molecular formula is C21H18N4O5S. The maximum absolute atomic E-state index is 12.5. The Morgan fingerprint density at radius 1 is 1.03 bits per heavy atom. The van der Waals surface area contributed by atoms with Crippen LogP contribution in [0.3, 0.4) is 0 Å². The Hall–Kier alpha value is -3.79. The van der Waals surface area contributed by atoms with Gasteiger partial charge in [-0.2, -0.15) is 0 Å². The fourth-order valence-corrected chi connectivity index (χ4v) is 3.33. The van der Waals surface area contributed by atoms with Crippen molar-refractivity contribution in [1.29, 1.82) is 0 Å². The third-order valence-corrected chi connectivity index (χ3v) is 5.09. The molecule has 0 bridgehead atoms. The summed E-state index contributed by atoms with van der Waals surface area (Å²) < 4.78 is 16.0. The van der Waals surface area contributed by atoms with Crippen LogP contribution in [0.5, 0.6) is 0 Å². The summed E-state index contributed by atoms with van der Waals surface area (Å²) in [5, 5.41) is 13.7. The van der Waals surface area contributed by atoms with Crippen molar-refractivity contribution in [2.45, 2.75) is 18.7 Å². The number of para-hydroxylation sites is 1. The Bertz CT molecular complexity index is 1180. The van der Waals surface area contributed by atoms with Crippen molar-refractivity contribution >= 4 is 29.3 Å². The summed E-state index contributed by atoms with van der Waals surface area (Å²) in [7, 11) is 0. The summed E-state index contributed by atoms with van der Waals surface area (Å²) in [5.74, 6) is 1.03. The highest BCUT2D eigenvalue weighted by atomic mass is 32.2. The van der Waals surface area contributed by atoms with Gasteiger partial charge in [0.05, 0.1) is 41.6 Å². The van der Waals surface area contributed by atoms with Crippen molar-refractivity contribution in [1.82, 2.24) is 15.5 Å². The Kier molecular flexibility index (Phi) is 6.18. The molecule has 0 unspecified atom stereocenters. The number of amides is 2. The molecule has 0 saturated heterocycles. The van der Waals surface area contributed by atoms with E-state index in [9.17, 15) is 9.59 Å². The van der Waals surface area contributed by atoms with Crippen molar-refractivity contribution < 1.29 is 22.8 Å². The first kappa shape index (κ1) is 20.5. The highest BCUT2D eigenvalue weighted by molar-refractivity contribution is 7.99. The molecule has 10 heteroatoms. The number of benzene rings is 1. The van der Waals surface area contributed by atoms with Crippen molar-refractivity contribution in [3.05, 3.63) is 72.1 Å². The average molecular weight is 438 g/mol. The van der Waals surface area contributed by atoms with E-state index in [2.05, 4.69) is 20.8 Å². The van der Waals surface area contributed by atoms with Gasteiger partial charge in [-0.1, -0.05) is 23.9 Å². The number of rotatable bonds is 8. The molecule has 0 aliphatic heterocycles. The number of carbonyl (C=O) groups is 2. The number of carbonyl (C=O) groups excluding carboxylic acids is 2. The Labute approximate surface area is 181 Å². The van der Waals surface area contributed by atoms with Crippen molar-refractivity contribution in [3.8, 4) is 11.5 Å². The monoisotopic (exact) mass is 438 g/mol. The maximum atomic E-state index is 12.5. The number of nitrogens with zero attached hydrogens (tertiary/aromatic N) is 2. The standard InChI is InChI=1S/C21H18N4O5S/c1-13-15(8-10-28-13)20-24-25-21(30-20)31-12-18(26)23-17-7-3-2-6-16(17)19(27)22-11-14-5-4-9-29-14/h2-10H,11-12H2,1H3,(H,22,27)(H,23,26). The summed E-state index contributed by atoms with van der Waals surface area (Å²) >= 11 is 1.10. The van der Waals surface area contributed by atoms with Crippen LogP contribution in [-0.4, -0.2) is 27.8 Å². The van der Waals surface area contributed by atoms with E-state index in [1.54, 1.807) is 49.4 Å². The van der Waals surface area contributed by atoms with Crippen LogP contribution < -0.4 is 10.6 Å². The van der Waals surface area contributed by atoms with E-state index in [0.717, 1.165) is 11.8 Å². The quantitative estimate of drug-likeness (QED) is 0.397. The summed E-state index contributed by atoms with van der Waals surface area (Å²) in [6.45, 7) is 2.04. The molecule has 0 radical (unpaired) electrons. The highest BCUT2D eigenvalue weighted by Gasteiger charge is 2.16. The van der Waals surface area contributed by atoms with E-state index in [4.69, 9.17) is 13.3 Å². The van der Waals surface area contributed by atoms with Crippen molar-refractivity contribution in [2.75, 3.05) is 11.1 Å². The van der Waals surface area contributed by atoms with Crippen LogP contribution in [-0.2, 0) is 11.3 Å². The number of furan rings is 2. The molecule has 1 aromatic carbocycles. The second-order valence-corrected chi connectivity index (χ2v) is 7.33. The second kappa shape index (κ2) is 9.35. The number of aryl methyl sites for hydroxylation is 1. The molecule has 0 saturated carbocycles. The number of thioether (sulfide) groups is 1. The maximum Gasteiger partial charge on any atom is 0.277 e. The van der Waals surface area contributed by atoms with E-state index < -0.39 is 0 Å². The number of hydrogen-bond donors (Lipinski definition) is 2. The molecule has 4 aromatic rings. The molecule has 0 fully saturated rings. The predicted octanol–water partition coefficient (Wildman–Crippen LogP) is 3.89. The van der Waals surface area contributed by atoms with Gasteiger partial charge in [0, 0.05) is 0 Å². The molecule has 2 amide bonds. The van der Waals surface area contributed by atoms with Gasteiger partial charge in [-0.3, -0.25) is 9.59 Å². The number of nitrogens with one attached hydrogen (secondary N) is 2. The van der Waals surface area contributed by atoms with Gasteiger partial charge in [0.25, 0.3) is 17.0 Å². The Balaban J connectivity index is 1.34. The number of anilines is 1. The molecule has 0 aliphatic carbocycles. The molecule has 3 aromatic heterocycles. The fourth-order valence-electron chi connectivity index (χ4n) is 2.76. The van der Waals surface area contributed by atoms with Crippen molar-refractivity contribution in [2.24, 2.45) is 0 Å². The molecule has 9 nitrogen and oxygen atoms in total. The zero-order chi connectivity index (χ0) is 21.6. The summed E-state index contributed by atoms with van der Waals surface area (Å²) in [6, 6.07) is 12.0.